The highest BCUT2D eigenvalue weighted by Gasteiger charge is 2.54. The molecule has 16 heteroatoms. The molecular weight excluding hydrogens is 560 g/mol. The summed E-state index contributed by atoms with van der Waals surface area (Å²) in [6.45, 7) is 3.93. The van der Waals surface area contributed by atoms with Crippen molar-refractivity contribution in [3.63, 3.8) is 0 Å². The Morgan fingerprint density at radius 2 is 1.62 bits per heavy atom. The molecule has 14 nitrogen and oxygen atoms in total. The summed E-state index contributed by atoms with van der Waals surface area (Å²) < 4.78 is 27.3. The van der Waals surface area contributed by atoms with Gasteiger partial charge < -0.3 is 29.4 Å². The number of hydrogen-bond acceptors (Lipinski definition) is 13. The van der Waals surface area contributed by atoms with Crippen LogP contribution >= 0.6 is 23.8 Å². The fourth-order valence-electron chi connectivity index (χ4n) is 3.93. The number of benzene rings is 1. The fourth-order valence-corrected chi connectivity index (χ4v) is 4.26. The van der Waals surface area contributed by atoms with Crippen LogP contribution in [0.4, 0.5) is 5.69 Å². The van der Waals surface area contributed by atoms with Gasteiger partial charge in [0.25, 0.3) is 0 Å². The van der Waals surface area contributed by atoms with E-state index in [4.69, 9.17) is 53.2 Å². The van der Waals surface area contributed by atoms with E-state index in [1.807, 2.05) is 0 Å². The van der Waals surface area contributed by atoms with Crippen molar-refractivity contribution in [2.75, 3.05) is 6.61 Å². The molecule has 0 bridgehead atoms. The highest BCUT2D eigenvalue weighted by molar-refractivity contribution is 7.80. The molecule has 2 aliphatic heterocycles. The highest BCUT2D eigenvalue weighted by atomic mass is 35.5. The van der Waals surface area contributed by atoms with Gasteiger partial charge in [-0.15, -0.1) is 0 Å². The molecule has 5 atom stereocenters. The zero-order valence-electron chi connectivity index (χ0n) is 21.2. The molecule has 3 N–H and O–H groups in total. The van der Waals surface area contributed by atoms with Crippen LogP contribution in [0, 0.1) is 0 Å². The number of fused-ring (bicyclic) bond motifs is 1. The molecule has 1 saturated heterocycles. The summed E-state index contributed by atoms with van der Waals surface area (Å²) in [5.41, 5.74) is 9.14. The Kier molecular flexibility index (Phi) is 9.42. The first kappa shape index (κ1) is 29.7. The van der Waals surface area contributed by atoms with Gasteiger partial charge in [0.05, 0.1) is 11.3 Å². The number of nitrogens with two attached hydrogens (primary N) is 1. The zero-order chi connectivity index (χ0) is 29.0. The average Bonchev–Trinajstić information content (AvgIpc) is 3.12. The molecule has 0 spiro atoms. The maximum atomic E-state index is 13.0. The fraction of sp³-hybridized carbons (Fsp3) is 0.435. The number of ether oxygens (including phenoxy) is 5. The molecule has 39 heavy (non-hydrogen) atoms. The first-order chi connectivity index (χ1) is 18.3. The van der Waals surface area contributed by atoms with Gasteiger partial charge in [-0.2, -0.15) is 0 Å². The predicted molar refractivity (Wildman–Crippen MR) is 137 cm³/mol. The Bertz CT molecular complexity index is 1240. The number of hydrazine groups is 1. The Morgan fingerprint density at radius 1 is 1.03 bits per heavy atom. The Hall–Kier alpha value is -3.82. The van der Waals surface area contributed by atoms with Crippen molar-refractivity contribution in [3.8, 4) is 0 Å². The number of carbonyl (C=O) groups excluding carboxylic acids is 5. The van der Waals surface area contributed by atoms with Crippen LogP contribution in [0.15, 0.2) is 23.2 Å². The van der Waals surface area contributed by atoms with Crippen LogP contribution in [0.3, 0.4) is 0 Å². The van der Waals surface area contributed by atoms with Crippen molar-refractivity contribution in [3.05, 3.63) is 28.8 Å². The molecule has 1 aromatic carbocycles. The highest BCUT2D eigenvalue weighted by Crippen LogP contribution is 2.32. The van der Waals surface area contributed by atoms with Crippen molar-refractivity contribution >= 4 is 70.1 Å². The smallest absolute Gasteiger partial charge is 0.303 e. The van der Waals surface area contributed by atoms with Gasteiger partial charge in [-0.05, 0) is 30.4 Å². The summed E-state index contributed by atoms with van der Waals surface area (Å²) >= 11 is 11.2. The van der Waals surface area contributed by atoms with E-state index in [1.165, 1.54) is 12.1 Å². The van der Waals surface area contributed by atoms with E-state index in [0.29, 0.717) is 10.7 Å². The molecule has 2 aliphatic rings. The molecule has 0 radical (unpaired) electrons. The molecule has 0 aromatic heterocycles. The third kappa shape index (κ3) is 7.19. The number of carbonyl (C=O) groups is 5. The maximum Gasteiger partial charge on any atom is 0.303 e. The number of esters is 4. The number of ketones is 1. The Morgan fingerprint density at radius 3 is 2.18 bits per heavy atom. The summed E-state index contributed by atoms with van der Waals surface area (Å²) in [5, 5.41) is 0.860. The number of Topliss-reactive ketones (excluding diaryl/α,β-unsaturated/α-hetero) is 1. The summed E-state index contributed by atoms with van der Waals surface area (Å²) in [5.74, 6) is -3.91. The minimum atomic E-state index is -1.52. The minimum absolute atomic E-state index is 0.203. The third-order valence-corrected chi connectivity index (χ3v) is 5.77. The van der Waals surface area contributed by atoms with E-state index in [-0.39, 0.29) is 11.4 Å². The van der Waals surface area contributed by atoms with E-state index in [9.17, 15) is 24.0 Å². The quantitative estimate of drug-likeness (QED) is 0.206. The number of hydrogen-bond donors (Lipinski definition) is 2. The minimum Gasteiger partial charge on any atom is -0.463 e. The second kappa shape index (κ2) is 12.4. The molecule has 0 amide bonds. The van der Waals surface area contributed by atoms with Crippen molar-refractivity contribution in [2.45, 2.75) is 58.3 Å². The van der Waals surface area contributed by atoms with Crippen molar-refractivity contribution in [1.29, 1.82) is 0 Å². The number of nitrogens with zero attached hydrogens (tertiary/aromatic N) is 2. The maximum absolute atomic E-state index is 13.0. The molecule has 2 heterocycles. The van der Waals surface area contributed by atoms with Crippen LogP contribution in [0.2, 0.25) is 5.02 Å². The number of nitrogens with one attached hydrogen (secondary N) is 1. The van der Waals surface area contributed by atoms with E-state index in [2.05, 4.69) is 10.4 Å². The molecule has 1 aromatic rings. The number of thiocarbonyl (C=S) groups is 1. The van der Waals surface area contributed by atoms with E-state index in [0.717, 1.165) is 32.7 Å². The van der Waals surface area contributed by atoms with Gasteiger partial charge >= 0.3 is 23.9 Å². The van der Waals surface area contributed by atoms with E-state index in [1.54, 1.807) is 6.07 Å². The molecule has 0 saturated carbocycles. The van der Waals surface area contributed by atoms with E-state index < -0.39 is 72.0 Å². The number of aliphatic imine (C=N–C) groups is 1. The Labute approximate surface area is 232 Å². The lowest BCUT2D eigenvalue weighted by Gasteiger charge is -2.47. The largest absolute Gasteiger partial charge is 0.463 e. The standard InChI is InChI=1S/C23H25ClN4O10S/c1-9(29)34-8-16-18(35-10(2)30)19(36-11(3)31)20(37-12(4)32)22(38-16)28(23(25)39)27-21-17(33)14-7-13(24)5-6-15(14)26-21/h5-7,16,18-20,22H,8H2,1-4H3,(H2,25,39)(H,26,27,33)/t16-,18+,19+,20-,22-/m1/s1. The lowest BCUT2D eigenvalue weighted by Crippen LogP contribution is -2.70. The summed E-state index contributed by atoms with van der Waals surface area (Å²) in [7, 11) is 0. The summed E-state index contributed by atoms with van der Waals surface area (Å²) in [6.07, 6.45) is -7.17. The van der Waals surface area contributed by atoms with Crippen molar-refractivity contribution in [2.24, 2.45) is 10.7 Å². The van der Waals surface area contributed by atoms with Gasteiger partial charge in [-0.1, -0.05) is 11.6 Å². The summed E-state index contributed by atoms with van der Waals surface area (Å²) in [6, 6.07) is 4.51. The van der Waals surface area contributed by atoms with Gasteiger partial charge in [0.15, 0.2) is 35.5 Å². The number of rotatable bonds is 6. The first-order valence-electron chi connectivity index (χ1n) is 11.4. The second-order valence-electron chi connectivity index (χ2n) is 8.36. The number of amidine groups is 1. The molecule has 1 fully saturated rings. The van der Waals surface area contributed by atoms with Crippen LogP contribution in [-0.2, 0) is 42.9 Å². The van der Waals surface area contributed by atoms with Crippen LogP contribution in [-0.4, -0.2) is 82.9 Å². The molecular formula is C23H25ClN4O10S. The van der Waals surface area contributed by atoms with Crippen LogP contribution in [0.25, 0.3) is 0 Å². The second-order valence-corrected chi connectivity index (χ2v) is 9.22. The molecule has 0 aliphatic carbocycles. The lowest BCUT2D eigenvalue weighted by atomic mass is 9.97. The van der Waals surface area contributed by atoms with Gasteiger partial charge in [0, 0.05) is 32.7 Å². The third-order valence-electron chi connectivity index (χ3n) is 5.34. The molecule has 210 valence electrons. The average molecular weight is 585 g/mol. The zero-order valence-corrected chi connectivity index (χ0v) is 22.7. The van der Waals surface area contributed by atoms with Crippen LogP contribution in [0.1, 0.15) is 38.1 Å². The lowest BCUT2D eigenvalue weighted by molar-refractivity contribution is -0.273. The monoisotopic (exact) mass is 584 g/mol. The van der Waals surface area contributed by atoms with Crippen molar-refractivity contribution < 1.29 is 47.7 Å². The van der Waals surface area contributed by atoms with E-state index >= 15 is 0 Å². The summed E-state index contributed by atoms with van der Waals surface area (Å²) in [4.78, 5) is 64.8. The predicted octanol–water partition coefficient (Wildman–Crippen LogP) is 0.700. The first-order valence-corrected chi connectivity index (χ1v) is 12.2. The van der Waals surface area contributed by atoms with Crippen LogP contribution < -0.4 is 11.2 Å². The van der Waals surface area contributed by atoms with Crippen molar-refractivity contribution in [1.82, 2.24) is 10.4 Å². The topological polar surface area (TPSA) is 185 Å². The molecule has 0 unspecified atom stereocenters. The molecule has 3 rings (SSSR count). The van der Waals surface area contributed by atoms with Crippen LogP contribution in [0.5, 0.6) is 0 Å². The van der Waals surface area contributed by atoms with Gasteiger partial charge in [0.2, 0.25) is 5.78 Å². The normalized spacial score (nSPS) is 23.6. The van der Waals surface area contributed by atoms with Gasteiger partial charge in [0.1, 0.15) is 12.7 Å². The van der Waals surface area contributed by atoms with Gasteiger partial charge in [-0.3, -0.25) is 29.4 Å². The van der Waals surface area contributed by atoms with Gasteiger partial charge in [-0.25, -0.2) is 10.0 Å². The number of halogens is 1. The SMILES string of the molecule is CC(=O)OC[C@H]1O[C@@H](N(NC2=Nc3ccc(Cl)cc3C2=O)C(N)=S)[C@H](OC(C)=O)[C@@H](OC(C)=O)[C@H]1OC(C)=O. The Balaban J connectivity index is 2.05.